The number of hydrazine groups is 1. The number of anilines is 2. The third kappa shape index (κ3) is 8.30. The number of para-hydroxylation sites is 2. The number of nitrogens with zero attached hydrogens (tertiary/aromatic N) is 2. The van der Waals surface area contributed by atoms with Gasteiger partial charge in [-0.3, -0.25) is 9.91 Å². The van der Waals surface area contributed by atoms with Crippen LogP contribution in [0.4, 0.5) is 11.4 Å². The monoisotopic (exact) mass is 401 g/mol. The van der Waals surface area contributed by atoms with Gasteiger partial charge in [-0.1, -0.05) is 36.4 Å². The van der Waals surface area contributed by atoms with Gasteiger partial charge in [-0.05, 0) is 37.2 Å². The molecule has 156 valence electrons. The summed E-state index contributed by atoms with van der Waals surface area (Å²) in [5.41, 5.74) is 5.88. The number of carbonyl (C=O) groups is 2. The van der Waals surface area contributed by atoms with Gasteiger partial charge in [0.2, 0.25) is 0 Å². The number of benzene rings is 2. The fourth-order valence-electron chi connectivity index (χ4n) is 2.80. The number of hydrogen-bond acceptors (Lipinski definition) is 6. The van der Waals surface area contributed by atoms with Gasteiger partial charge in [0.15, 0.2) is 0 Å². The minimum Gasteiger partial charge on any atom is -0.473 e. The van der Waals surface area contributed by atoms with Gasteiger partial charge in [-0.2, -0.15) is 0 Å². The molecule has 3 N–H and O–H groups in total. The molecular formula is C21H27N3O5. The minimum absolute atomic E-state index is 0.869. The molecule has 8 nitrogen and oxygen atoms in total. The van der Waals surface area contributed by atoms with Gasteiger partial charge in [0.05, 0.1) is 24.6 Å². The van der Waals surface area contributed by atoms with Crippen molar-refractivity contribution >= 4 is 23.3 Å². The normalized spacial score (nSPS) is 13.8. The summed E-state index contributed by atoms with van der Waals surface area (Å²) in [7, 11) is 0. The second-order valence-electron chi connectivity index (χ2n) is 6.33. The van der Waals surface area contributed by atoms with E-state index in [9.17, 15) is 0 Å². The quantitative estimate of drug-likeness (QED) is 0.369. The average Bonchev–Trinajstić information content (AvgIpc) is 2.76. The third-order valence-corrected chi connectivity index (χ3v) is 4.24. The third-order valence-electron chi connectivity index (χ3n) is 4.24. The first-order valence-corrected chi connectivity index (χ1v) is 9.48. The van der Waals surface area contributed by atoms with Gasteiger partial charge < -0.3 is 14.9 Å². The Morgan fingerprint density at radius 3 is 1.83 bits per heavy atom. The number of aliphatic carboxylic acids is 2. The first-order chi connectivity index (χ1) is 14.1. The number of carboxylic acids is 2. The number of morpholine rings is 1. The summed E-state index contributed by atoms with van der Waals surface area (Å²) in [6, 6.07) is 20.9. The highest BCUT2D eigenvalue weighted by Crippen LogP contribution is 2.22. The number of ether oxygens (including phenoxy) is 1. The van der Waals surface area contributed by atoms with E-state index >= 15 is 0 Å². The van der Waals surface area contributed by atoms with Crippen LogP contribution < -0.4 is 10.4 Å². The summed E-state index contributed by atoms with van der Waals surface area (Å²) >= 11 is 0. The zero-order valence-electron chi connectivity index (χ0n) is 16.2. The van der Waals surface area contributed by atoms with Gasteiger partial charge in [-0.15, -0.1) is 0 Å². The molecule has 0 bridgehead atoms. The molecule has 0 aliphatic carbocycles. The molecule has 1 aliphatic heterocycles. The van der Waals surface area contributed by atoms with Gasteiger partial charge in [0.25, 0.3) is 0 Å². The highest BCUT2D eigenvalue weighted by Gasteiger charge is 2.11. The molecule has 2 aromatic carbocycles. The topological polar surface area (TPSA) is 102 Å². The van der Waals surface area contributed by atoms with E-state index in [4.69, 9.17) is 24.5 Å². The van der Waals surface area contributed by atoms with Gasteiger partial charge in [0, 0.05) is 19.6 Å². The summed E-state index contributed by atoms with van der Waals surface area (Å²) in [4.78, 5) is 20.7. The highest BCUT2D eigenvalue weighted by molar-refractivity contribution is 6.27. The maximum Gasteiger partial charge on any atom is 0.414 e. The number of rotatable bonds is 7. The maximum atomic E-state index is 9.10. The lowest BCUT2D eigenvalue weighted by Crippen LogP contribution is -2.39. The lowest BCUT2D eigenvalue weighted by atomic mass is 10.2. The number of carboxylic acid groups (broad SMARTS) is 2. The van der Waals surface area contributed by atoms with Crippen LogP contribution in [0.25, 0.3) is 0 Å². The van der Waals surface area contributed by atoms with Gasteiger partial charge in [-0.25, -0.2) is 15.0 Å². The Kier molecular flexibility index (Phi) is 9.64. The van der Waals surface area contributed by atoms with E-state index in [0.717, 1.165) is 57.2 Å². The second kappa shape index (κ2) is 12.5. The molecule has 0 aromatic heterocycles. The van der Waals surface area contributed by atoms with Crippen LogP contribution in [0, 0.1) is 0 Å². The Labute approximate surface area is 170 Å². The average molecular weight is 401 g/mol. The van der Waals surface area contributed by atoms with E-state index in [1.165, 1.54) is 0 Å². The smallest absolute Gasteiger partial charge is 0.414 e. The van der Waals surface area contributed by atoms with Crippen LogP contribution in [0.15, 0.2) is 60.7 Å². The summed E-state index contributed by atoms with van der Waals surface area (Å²) < 4.78 is 5.39. The summed E-state index contributed by atoms with van der Waals surface area (Å²) in [6.07, 6.45) is 1.12. The zero-order chi connectivity index (χ0) is 20.9. The summed E-state index contributed by atoms with van der Waals surface area (Å²) in [5, 5.41) is 16.9. The molecule has 0 saturated carbocycles. The Morgan fingerprint density at radius 2 is 1.38 bits per heavy atom. The SMILES string of the molecule is O=C(O)C(=O)O.c1ccc(N(NCCCN2CCOCC2)c2ccccc2)cc1. The Balaban J connectivity index is 0.000000438. The molecule has 29 heavy (non-hydrogen) atoms. The van der Waals surface area contributed by atoms with Crippen LogP contribution in [-0.2, 0) is 14.3 Å². The van der Waals surface area contributed by atoms with E-state index in [0.29, 0.717) is 0 Å². The van der Waals surface area contributed by atoms with Crippen molar-refractivity contribution in [3.05, 3.63) is 60.7 Å². The molecule has 8 heteroatoms. The van der Waals surface area contributed by atoms with E-state index in [2.05, 4.69) is 63.9 Å². The molecule has 3 rings (SSSR count). The summed E-state index contributed by atoms with van der Waals surface area (Å²) in [6.45, 7) is 5.91. The predicted octanol–water partition coefficient (Wildman–Crippen LogP) is 2.21. The van der Waals surface area contributed by atoms with Crippen LogP contribution in [0.3, 0.4) is 0 Å². The lowest BCUT2D eigenvalue weighted by Gasteiger charge is -2.28. The fourth-order valence-corrected chi connectivity index (χ4v) is 2.80. The van der Waals surface area contributed by atoms with Crippen molar-refractivity contribution in [3.8, 4) is 0 Å². The fraction of sp³-hybridized carbons (Fsp3) is 0.333. The minimum atomic E-state index is -1.82. The van der Waals surface area contributed by atoms with Crippen molar-refractivity contribution in [1.82, 2.24) is 10.3 Å². The van der Waals surface area contributed by atoms with Crippen molar-refractivity contribution in [3.63, 3.8) is 0 Å². The van der Waals surface area contributed by atoms with Crippen LogP contribution >= 0.6 is 0 Å². The molecule has 0 atom stereocenters. The Bertz CT molecular complexity index is 685. The van der Waals surface area contributed by atoms with Gasteiger partial charge in [0.1, 0.15) is 0 Å². The number of nitrogens with one attached hydrogen (secondary N) is 1. The van der Waals surface area contributed by atoms with E-state index in [1.54, 1.807) is 0 Å². The van der Waals surface area contributed by atoms with Crippen LogP contribution in [-0.4, -0.2) is 66.4 Å². The molecule has 0 unspecified atom stereocenters. The van der Waals surface area contributed by atoms with Gasteiger partial charge >= 0.3 is 11.9 Å². The standard InChI is InChI=1S/C19H25N3O.C2H2O4/c1-3-8-18(9-4-1)22(19-10-5-2-6-11-19)20-12-7-13-21-14-16-23-17-15-21;3-1(4)2(5)6/h1-6,8-11,20H,7,12-17H2;(H,3,4)(H,5,6). The predicted molar refractivity (Wildman–Crippen MR) is 110 cm³/mol. The molecule has 1 heterocycles. The maximum absolute atomic E-state index is 9.10. The molecule has 0 amide bonds. The Hall–Kier alpha value is -2.94. The molecule has 1 aliphatic rings. The van der Waals surface area contributed by atoms with E-state index < -0.39 is 11.9 Å². The zero-order valence-corrected chi connectivity index (χ0v) is 16.2. The second-order valence-corrected chi connectivity index (χ2v) is 6.33. The summed E-state index contributed by atoms with van der Waals surface area (Å²) in [5.74, 6) is -3.65. The number of hydrogen-bond donors (Lipinski definition) is 3. The molecular weight excluding hydrogens is 374 g/mol. The molecule has 0 radical (unpaired) electrons. The molecule has 1 saturated heterocycles. The highest BCUT2D eigenvalue weighted by atomic mass is 16.5. The van der Waals surface area contributed by atoms with Crippen molar-refractivity contribution in [2.24, 2.45) is 0 Å². The molecule has 0 spiro atoms. The van der Waals surface area contributed by atoms with E-state index in [-0.39, 0.29) is 0 Å². The van der Waals surface area contributed by atoms with Crippen molar-refractivity contribution in [2.75, 3.05) is 44.4 Å². The van der Waals surface area contributed by atoms with E-state index in [1.807, 2.05) is 12.1 Å². The molecule has 1 fully saturated rings. The molecule has 2 aromatic rings. The van der Waals surface area contributed by atoms with Crippen LogP contribution in [0.2, 0.25) is 0 Å². The van der Waals surface area contributed by atoms with Crippen molar-refractivity contribution in [1.29, 1.82) is 0 Å². The largest absolute Gasteiger partial charge is 0.473 e. The van der Waals surface area contributed by atoms with Crippen LogP contribution in [0.1, 0.15) is 6.42 Å². The van der Waals surface area contributed by atoms with Crippen molar-refractivity contribution in [2.45, 2.75) is 6.42 Å². The lowest BCUT2D eigenvalue weighted by molar-refractivity contribution is -0.159. The van der Waals surface area contributed by atoms with Crippen LogP contribution in [0.5, 0.6) is 0 Å². The first-order valence-electron chi connectivity index (χ1n) is 9.48. The Morgan fingerprint density at radius 1 is 0.897 bits per heavy atom. The first kappa shape index (κ1) is 22.4. The van der Waals surface area contributed by atoms with Crippen molar-refractivity contribution < 1.29 is 24.5 Å².